The molecule has 4 rings (SSSR count). The minimum absolute atomic E-state index is 0.0276. The van der Waals surface area contributed by atoms with Crippen molar-refractivity contribution in [2.75, 3.05) is 39.8 Å². The van der Waals surface area contributed by atoms with Crippen molar-refractivity contribution in [2.24, 2.45) is 0 Å². The normalized spacial score (nSPS) is 18.0. The minimum Gasteiger partial charge on any atom is -0.468 e. The largest absolute Gasteiger partial charge is 0.468 e. The number of nitrogens with one attached hydrogen (secondary N) is 1. The molecule has 0 saturated carbocycles. The van der Waals surface area contributed by atoms with Crippen molar-refractivity contribution in [3.63, 3.8) is 0 Å². The molecule has 2 aromatic carbocycles. The zero-order valence-corrected chi connectivity index (χ0v) is 27.2. The molecule has 2 aliphatic rings. The van der Waals surface area contributed by atoms with Crippen molar-refractivity contribution in [1.82, 2.24) is 20.0 Å². The first-order chi connectivity index (χ1) is 22.3. The third kappa shape index (κ3) is 6.99. The number of hydrogen-bond acceptors (Lipinski definition) is 8. The van der Waals surface area contributed by atoms with Crippen molar-refractivity contribution >= 4 is 24.5 Å². The molecular weight excluding hydrogens is 586 g/mol. The van der Waals surface area contributed by atoms with E-state index in [2.05, 4.69) is 10.2 Å². The number of amides is 2. The Hall–Kier alpha value is -4.51. The summed E-state index contributed by atoms with van der Waals surface area (Å²) in [5.41, 5.74) is 4.28. The first kappa shape index (κ1) is 34.4. The summed E-state index contributed by atoms with van der Waals surface area (Å²) >= 11 is 0. The Morgan fingerprint density at radius 2 is 1.57 bits per heavy atom. The van der Waals surface area contributed by atoms with Crippen molar-refractivity contribution in [1.29, 1.82) is 0 Å². The van der Waals surface area contributed by atoms with Crippen LogP contribution in [0.5, 0.6) is 0 Å². The smallest absolute Gasteiger partial charge is 0.316 e. The quantitative estimate of drug-likeness (QED) is 0.125. The summed E-state index contributed by atoms with van der Waals surface area (Å²) in [5.74, 6) is -0.692. The van der Waals surface area contributed by atoms with Crippen LogP contribution in [0.2, 0.25) is 0 Å². The van der Waals surface area contributed by atoms with Crippen molar-refractivity contribution in [3.8, 4) is 0 Å². The average Bonchev–Trinajstić information content (AvgIpc) is 3.10. The second kappa shape index (κ2) is 15.7. The number of nitro benzene ring substituents is 1. The standard InChI is InChI=1S/C35H45N5O6/c1-5-29-32(38(7-3)24-41)31(26-14-16-28(17-15-26)40(44)45)33(30(6-2)36-29)39(25-42)21-11-20-37-22-18-35(19-23-37,34(43)46-4)27-12-9-8-10-13-27/h8-10,12-17,24-25,31,36H,5-7,11,18-23H2,1-4H3. The Morgan fingerprint density at radius 1 is 0.978 bits per heavy atom. The highest BCUT2D eigenvalue weighted by Gasteiger charge is 2.44. The van der Waals surface area contributed by atoms with E-state index < -0.39 is 16.3 Å². The summed E-state index contributed by atoms with van der Waals surface area (Å²) in [6.07, 6.45) is 4.86. The lowest BCUT2D eigenvalue weighted by molar-refractivity contribution is -0.384. The van der Waals surface area contributed by atoms with Gasteiger partial charge in [0, 0.05) is 36.6 Å². The number of allylic oxidation sites excluding steroid dienone is 2. The molecule has 2 aromatic rings. The average molecular weight is 632 g/mol. The number of hydrogen-bond donors (Lipinski definition) is 1. The number of carbonyl (C=O) groups excluding carboxylic acids is 3. The highest BCUT2D eigenvalue weighted by molar-refractivity contribution is 5.83. The second-order valence-electron chi connectivity index (χ2n) is 11.7. The Balaban J connectivity index is 1.58. The lowest BCUT2D eigenvalue weighted by Gasteiger charge is -2.41. The van der Waals surface area contributed by atoms with Crippen LogP contribution in [0, 0.1) is 10.1 Å². The Kier molecular flexibility index (Phi) is 11.7. The second-order valence-corrected chi connectivity index (χ2v) is 11.7. The number of carbonyl (C=O) groups is 3. The molecule has 246 valence electrons. The summed E-state index contributed by atoms with van der Waals surface area (Å²) < 4.78 is 5.24. The summed E-state index contributed by atoms with van der Waals surface area (Å²) in [6.45, 7) is 8.96. The van der Waals surface area contributed by atoms with E-state index in [1.807, 2.05) is 51.1 Å². The van der Waals surface area contributed by atoms with E-state index in [4.69, 9.17) is 4.74 Å². The molecule has 11 heteroatoms. The van der Waals surface area contributed by atoms with Gasteiger partial charge < -0.3 is 24.8 Å². The van der Waals surface area contributed by atoms with Crippen LogP contribution in [-0.2, 0) is 24.5 Å². The monoisotopic (exact) mass is 631 g/mol. The molecule has 2 heterocycles. The van der Waals surface area contributed by atoms with E-state index in [0.717, 1.165) is 66.4 Å². The molecule has 0 aromatic heterocycles. The van der Waals surface area contributed by atoms with Crippen LogP contribution in [0.3, 0.4) is 0 Å². The van der Waals surface area contributed by atoms with Gasteiger partial charge in [-0.25, -0.2) is 0 Å². The number of non-ortho nitro benzene ring substituents is 1. The number of likely N-dealkylation sites (N-methyl/N-ethyl adjacent to an activating group) is 1. The van der Waals surface area contributed by atoms with E-state index in [-0.39, 0.29) is 11.7 Å². The highest BCUT2D eigenvalue weighted by Crippen LogP contribution is 2.42. The molecule has 1 atom stereocenters. The zero-order valence-electron chi connectivity index (χ0n) is 27.2. The van der Waals surface area contributed by atoms with Crippen molar-refractivity contribution in [3.05, 3.63) is 98.6 Å². The van der Waals surface area contributed by atoms with Crippen molar-refractivity contribution < 1.29 is 24.0 Å². The summed E-state index contributed by atoms with van der Waals surface area (Å²) in [4.78, 5) is 54.7. The number of esters is 1. The predicted molar refractivity (Wildman–Crippen MR) is 175 cm³/mol. The number of nitro groups is 1. The summed E-state index contributed by atoms with van der Waals surface area (Å²) in [7, 11) is 1.44. The Bertz CT molecular complexity index is 1450. The van der Waals surface area contributed by atoms with Gasteiger partial charge in [-0.1, -0.05) is 56.3 Å². The fraction of sp³-hybridized carbons (Fsp3) is 0.457. The number of dihydropyridines is 1. The molecule has 0 radical (unpaired) electrons. The maximum atomic E-state index is 13.0. The maximum Gasteiger partial charge on any atom is 0.316 e. The van der Waals surface area contributed by atoms with E-state index in [1.165, 1.54) is 19.2 Å². The molecule has 1 N–H and O–H groups in total. The van der Waals surface area contributed by atoms with Gasteiger partial charge in [-0.2, -0.15) is 0 Å². The van der Waals surface area contributed by atoms with E-state index in [0.29, 0.717) is 45.2 Å². The summed E-state index contributed by atoms with van der Waals surface area (Å²) in [6, 6.07) is 16.2. The fourth-order valence-electron chi connectivity index (χ4n) is 6.83. The Labute approximate surface area is 271 Å². The molecular formula is C35H45N5O6. The molecule has 2 aliphatic heterocycles. The van der Waals surface area contributed by atoms with Crippen LogP contribution in [-0.4, -0.2) is 78.2 Å². The topological polar surface area (TPSA) is 125 Å². The van der Waals surface area contributed by atoms with E-state index >= 15 is 0 Å². The van der Waals surface area contributed by atoms with Crippen LogP contribution in [0.4, 0.5) is 5.69 Å². The van der Waals surface area contributed by atoms with Gasteiger partial charge in [0.1, 0.15) is 0 Å². The van der Waals surface area contributed by atoms with Crippen LogP contribution in [0.15, 0.2) is 77.4 Å². The van der Waals surface area contributed by atoms with Gasteiger partial charge in [0.15, 0.2) is 0 Å². The lowest BCUT2D eigenvalue weighted by atomic mass is 9.72. The van der Waals surface area contributed by atoms with Gasteiger partial charge in [0.25, 0.3) is 5.69 Å². The molecule has 0 bridgehead atoms. The van der Waals surface area contributed by atoms with Crippen LogP contribution in [0.1, 0.15) is 69.9 Å². The first-order valence-electron chi connectivity index (χ1n) is 16.1. The molecule has 46 heavy (non-hydrogen) atoms. The number of benzene rings is 2. The number of rotatable bonds is 15. The number of methoxy groups -OCH3 is 1. The highest BCUT2D eigenvalue weighted by atomic mass is 16.6. The lowest BCUT2D eigenvalue weighted by Crippen LogP contribution is -2.48. The zero-order chi connectivity index (χ0) is 33.3. The third-order valence-corrected chi connectivity index (χ3v) is 9.31. The van der Waals surface area contributed by atoms with E-state index in [1.54, 1.807) is 21.9 Å². The molecule has 0 aliphatic carbocycles. The molecule has 1 unspecified atom stereocenters. The van der Waals surface area contributed by atoms with Gasteiger partial charge in [-0.05, 0) is 69.8 Å². The first-order valence-corrected chi connectivity index (χ1v) is 16.1. The van der Waals surface area contributed by atoms with Gasteiger partial charge >= 0.3 is 5.97 Å². The minimum atomic E-state index is -0.669. The molecule has 1 saturated heterocycles. The molecule has 11 nitrogen and oxygen atoms in total. The number of ether oxygens (including phenoxy) is 1. The summed E-state index contributed by atoms with van der Waals surface area (Å²) in [5, 5.41) is 14.9. The SMILES string of the molecule is CCC1=C(N(C=O)CC)C(c2ccc([N+](=O)[O-])cc2)C(N(C=O)CCCN2CCC(C(=O)OC)(c3ccccc3)CC2)=C(CC)N1. The van der Waals surface area contributed by atoms with Crippen molar-refractivity contribution in [2.45, 2.75) is 64.2 Å². The Morgan fingerprint density at radius 3 is 2.07 bits per heavy atom. The van der Waals surface area contributed by atoms with Crippen LogP contribution >= 0.6 is 0 Å². The molecule has 1 fully saturated rings. The number of likely N-dealkylation sites (tertiary alicyclic amines) is 1. The van der Waals surface area contributed by atoms with Gasteiger partial charge in [-0.15, -0.1) is 0 Å². The fourth-order valence-corrected chi connectivity index (χ4v) is 6.83. The maximum absolute atomic E-state index is 13.0. The number of nitrogens with zero attached hydrogens (tertiary/aromatic N) is 4. The van der Waals surface area contributed by atoms with Crippen LogP contribution in [0.25, 0.3) is 0 Å². The van der Waals surface area contributed by atoms with Gasteiger partial charge in [0.2, 0.25) is 12.8 Å². The van der Waals surface area contributed by atoms with Gasteiger partial charge in [0.05, 0.1) is 34.8 Å². The molecule has 2 amide bonds. The van der Waals surface area contributed by atoms with E-state index in [9.17, 15) is 24.5 Å². The third-order valence-electron chi connectivity index (χ3n) is 9.31. The predicted octanol–water partition coefficient (Wildman–Crippen LogP) is 5.06. The molecule has 0 spiro atoms. The number of piperidine rings is 1. The van der Waals surface area contributed by atoms with Crippen LogP contribution < -0.4 is 5.32 Å². The van der Waals surface area contributed by atoms with Gasteiger partial charge in [-0.3, -0.25) is 24.5 Å².